The fourth-order valence-corrected chi connectivity index (χ4v) is 3.14. The molecule has 0 spiro atoms. The number of rotatable bonds is 4. The highest BCUT2D eigenvalue weighted by atomic mass is 79.9. The SMILES string of the molecule is NC(Cc1ccc(Br)cn1)CC1CCCCCC1. The zero-order chi connectivity index (χ0) is 12.8. The van der Waals surface area contributed by atoms with Crippen LogP contribution < -0.4 is 5.73 Å². The first-order valence-electron chi connectivity index (χ1n) is 7.10. The molecule has 0 saturated heterocycles. The maximum Gasteiger partial charge on any atom is 0.0419 e. The smallest absolute Gasteiger partial charge is 0.0419 e. The molecule has 1 unspecified atom stereocenters. The van der Waals surface area contributed by atoms with Gasteiger partial charge >= 0.3 is 0 Å². The maximum absolute atomic E-state index is 6.27. The van der Waals surface area contributed by atoms with Crippen molar-refractivity contribution in [3.8, 4) is 0 Å². The molecule has 100 valence electrons. The average Bonchev–Trinajstić information content (AvgIpc) is 2.61. The van der Waals surface area contributed by atoms with E-state index in [0.717, 1.165) is 28.9 Å². The number of pyridine rings is 1. The molecule has 1 aliphatic rings. The van der Waals surface area contributed by atoms with Gasteiger partial charge in [0.05, 0.1) is 0 Å². The number of nitrogens with two attached hydrogens (primary N) is 1. The summed E-state index contributed by atoms with van der Waals surface area (Å²) >= 11 is 3.41. The highest BCUT2D eigenvalue weighted by molar-refractivity contribution is 9.10. The van der Waals surface area contributed by atoms with E-state index in [2.05, 4.69) is 27.0 Å². The van der Waals surface area contributed by atoms with Gasteiger partial charge in [0.25, 0.3) is 0 Å². The Morgan fingerprint density at radius 1 is 1.22 bits per heavy atom. The van der Waals surface area contributed by atoms with Crippen molar-refractivity contribution in [2.45, 2.75) is 57.4 Å². The van der Waals surface area contributed by atoms with Crippen LogP contribution in [0.1, 0.15) is 50.6 Å². The van der Waals surface area contributed by atoms with Gasteiger partial charge in [0.2, 0.25) is 0 Å². The molecule has 0 aromatic carbocycles. The molecule has 2 N–H and O–H groups in total. The second-order valence-electron chi connectivity index (χ2n) is 5.53. The molecule has 3 heteroatoms. The van der Waals surface area contributed by atoms with Crippen LogP contribution in [0.2, 0.25) is 0 Å². The van der Waals surface area contributed by atoms with Gasteiger partial charge in [-0.2, -0.15) is 0 Å². The third-order valence-electron chi connectivity index (χ3n) is 3.87. The molecule has 0 radical (unpaired) electrons. The van der Waals surface area contributed by atoms with Crippen LogP contribution in [-0.4, -0.2) is 11.0 Å². The first-order chi connectivity index (χ1) is 8.74. The molecule has 0 aliphatic heterocycles. The standard InChI is InChI=1S/C15H23BrN2/c16-13-7-8-15(18-11-13)10-14(17)9-12-5-3-1-2-4-6-12/h7-8,11-12,14H,1-6,9-10,17H2. The van der Waals surface area contributed by atoms with E-state index >= 15 is 0 Å². The number of halogens is 1. The van der Waals surface area contributed by atoms with Gasteiger partial charge in [0, 0.05) is 28.8 Å². The first kappa shape index (κ1) is 14.0. The van der Waals surface area contributed by atoms with E-state index in [-0.39, 0.29) is 6.04 Å². The summed E-state index contributed by atoms with van der Waals surface area (Å²) < 4.78 is 1.03. The largest absolute Gasteiger partial charge is 0.327 e. The lowest BCUT2D eigenvalue weighted by Gasteiger charge is -2.19. The van der Waals surface area contributed by atoms with E-state index in [9.17, 15) is 0 Å². The lowest BCUT2D eigenvalue weighted by atomic mass is 9.91. The van der Waals surface area contributed by atoms with E-state index in [4.69, 9.17) is 5.73 Å². The third-order valence-corrected chi connectivity index (χ3v) is 4.34. The molecule has 2 nitrogen and oxygen atoms in total. The summed E-state index contributed by atoms with van der Waals surface area (Å²) in [5.41, 5.74) is 7.38. The minimum absolute atomic E-state index is 0.266. The van der Waals surface area contributed by atoms with Crippen LogP contribution in [0.5, 0.6) is 0 Å². The zero-order valence-electron chi connectivity index (χ0n) is 10.9. The Balaban J connectivity index is 1.80. The molecule has 1 aromatic heterocycles. The van der Waals surface area contributed by atoms with Crippen molar-refractivity contribution in [1.82, 2.24) is 4.98 Å². The van der Waals surface area contributed by atoms with Gasteiger partial charge in [0.15, 0.2) is 0 Å². The zero-order valence-corrected chi connectivity index (χ0v) is 12.5. The number of aromatic nitrogens is 1. The van der Waals surface area contributed by atoms with Gasteiger partial charge in [-0.1, -0.05) is 38.5 Å². The summed E-state index contributed by atoms with van der Waals surface area (Å²) in [6.07, 6.45) is 12.3. The van der Waals surface area contributed by atoms with E-state index < -0.39 is 0 Å². The Kier molecular flexibility index (Phi) is 5.64. The molecule has 1 aliphatic carbocycles. The molecule has 1 saturated carbocycles. The highest BCUT2D eigenvalue weighted by Crippen LogP contribution is 2.26. The van der Waals surface area contributed by atoms with Gasteiger partial charge in [-0.3, -0.25) is 4.98 Å². The topological polar surface area (TPSA) is 38.9 Å². The first-order valence-corrected chi connectivity index (χ1v) is 7.89. The molecule has 1 heterocycles. The maximum atomic E-state index is 6.27. The van der Waals surface area contributed by atoms with Crippen LogP contribution in [0.4, 0.5) is 0 Å². The third kappa shape index (κ3) is 4.69. The van der Waals surface area contributed by atoms with Crippen LogP contribution in [0.15, 0.2) is 22.8 Å². The second-order valence-corrected chi connectivity index (χ2v) is 6.44. The summed E-state index contributed by atoms with van der Waals surface area (Å²) in [7, 11) is 0. The predicted octanol–water partition coefficient (Wildman–Crippen LogP) is 4.07. The molecule has 0 bridgehead atoms. The molecule has 1 atom stereocenters. The number of hydrogen-bond donors (Lipinski definition) is 1. The Bertz CT molecular complexity index is 342. The Morgan fingerprint density at radius 3 is 2.56 bits per heavy atom. The number of hydrogen-bond acceptors (Lipinski definition) is 2. The summed E-state index contributed by atoms with van der Waals surface area (Å²) in [5, 5.41) is 0. The predicted molar refractivity (Wildman–Crippen MR) is 79.4 cm³/mol. The Morgan fingerprint density at radius 2 is 1.94 bits per heavy atom. The Hall–Kier alpha value is -0.410. The molecular formula is C15H23BrN2. The summed E-state index contributed by atoms with van der Waals surface area (Å²) in [4.78, 5) is 4.40. The fourth-order valence-electron chi connectivity index (χ4n) is 2.91. The second kappa shape index (κ2) is 7.25. The molecule has 1 aromatic rings. The lowest BCUT2D eigenvalue weighted by Crippen LogP contribution is -2.26. The molecule has 0 amide bonds. The van der Waals surface area contributed by atoms with E-state index in [1.165, 1.54) is 38.5 Å². The van der Waals surface area contributed by atoms with Crippen LogP contribution in [0.25, 0.3) is 0 Å². The van der Waals surface area contributed by atoms with Gasteiger partial charge in [-0.15, -0.1) is 0 Å². The van der Waals surface area contributed by atoms with Gasteiger partial charge in [-0.05, 0) is 40.4 Å². The quantitative estimate of drug-likeness (QED) is 0.851. The minimum Gasteiger partial charge on any atom is -0.327 e. The van der Waals surface area contributed by atoms with Gasteiger partial charge in [-0.25, -0.2) is 0 Å². The van der Waals surface area contributed by atoms with Crippen LogP contribution in [-0.2, 0) is 6.42 Å². The van der Waals surface area contributed by atoms with Crippen molar-refractivity contribution in [1.29, 1.82) is 0 Å². The van der Waals surface area contributed by atoms with E-state index in [0.29, 0.717) is 0 Å². The van der Waals surface area contributed by atoms with Gasteiger partial charge in [0.1, 0.15) is 0 Å². The van der Waals surface area contributed by atoms with Crippen LogP contribution in [0.3, 0.4) is 0 Å². The Labute approximate surface area is 119 Å². The molecule has 2 rings (SSSR count). The van der Waals surface area contributed by atoms with Crippen molar-refractivity contribution in [2.75, 3.05) is 0 Å². The van der Waals surface area contributed by atoms with Crippen molar-refractivity contribution in [2.24, 2.45) is 11.7 Å². The van der Waals surface area contributed by atoms with Crippen LogP contribution >= 0.6 is 15.9 Å². The van der Waals surface area contributed by atoms with Crippen molar-refractivity contribution in [3.05, 3.63) is 28.5 Å². The number of nitrogens with zero attached hydrogens (tertiary/aromatic N) is 1. The summed E-state index contributed by atoms with van der Waals surface area (Å²) in [5.74, 6) is 0.845. The lowest BCUT2D eigenvalue weighted by molar-refractivity contribution is 0.386. The van der Waals surface area contributed by atoms with Gasteiger partial charge < -0.3 is 5.73 Å². The van der Waals surface area contributed by atoms with Crippen molar-refractivity contribution in [3.63, 3.8) is 0 Å². The highest BCUT2D eigenvalue weighted by Gasteiger charge is 2.16. The normalized spacial score (nSPS) is 19.4. The fraction of sp³-hybridized carbons (Fsp3) is 0.667. The minimum atomic E-state index is 0.266. The van der Waals surface area contributed by atoms with Crippen LogP contribution in [0, 0.1) is 5.92 Å². The van der Waals surface area contributed by atoms with Crippen molar-refractivity contribution < 1.29 is 0 Å². The molecular weight excluding hydrogens is 288 g/mol. The van der Waals surface area contributed by atoms with E-state index in [1.54, 1.807) is 0 Å². The monoisotopic (exact) mass is 310 g/mol. The molecule has 1 fully saturated rings. The molecule has 18 heavy (non-hydrogen) atoms. The van der Waals surface area contributed by atoms with Crippen molar-refractivity contribution >= 4 is 15.9 Å². The summed E-state index contributed by atoms with van der Waals surface area (Å²) in [6, 6.07) is 4.37. The average molecular weight is 311 g/mol. The summed E-state index contributed by atoms with van der Waals surface area (Å²) in [6.45, 7) is 0. The van der Waals surface area contributed by atoms with E-state index in [1.807, 2.05) is 12.3 Å².